The van der Waals surface area contributed by atoms with E-state index in [2.05, 4.69) is 4.98 Å². The Kier molecular flexibility index (Phi) is 6.31. The molecule has 1 aromatic heterocycles. The summed E-state index contributed by atoms with van der Waals surface area (Å²) in [5.41, 5.74) is 1.40. The fraction of sp³-hybridized carbons (Fsp3) is 0.421. The molecular formula is C19H21ClFN3O4. The third kappa shape index (κ3) is 4.51. The summed E-state index contributed by atoms with van der Waals surface area (Å²) >= 11 is 5.74. The van der Waals surface area contributed by atoms with Crippen molar-refractivity contribution >= 4 is 34.3 Å². The first-order valence-electron chi connectivity index (χ1n) is 9.16. The minimum atomic E-state index is -0.713. The maximum Gasteiger partial charge on any atom is 0.259 e. The van der Waals surface area contributed by atoms with Crippen LogP contribution in [-0.2, 0) is 4.79 Å². The number of hydroxylamine groups is 1. The van der Waals surface area contributed by atoms with Gasteiger partial charge in [-0.2, -0.15) is 0 Å². The number of nitrogens with one attached hydrogen (secondary N) is 2. The Balaban J connectivity index is 1.73. The molecule has 1 saturated carbocycles. The average molecular weight is 410 g/mol. The van der Waals surface area contributed by atoms with Gasteiger partial charge in [0, 0.05) is 30.6 Å². The lowest BCUT2D eigenvalue weighted by atomic mass is 10.1. The Morgan fingerprint density at radius 3 is 2.71 bits per heavy atom. The van der Waals surface area contributed by atoms with Crippen molar-refractivity contribution < 1.29 is 19.2 Å². The number of carbonyl (C=O) groups excluding carboxylic acids is 2. The first-order chi connectivity index (χ1) is 13.4. The van der Waals surface area contributed by atoms with E-state index in [1.54, 1.807) is 10.4 Å². The largest absolute Gasteiger partial charge is 0.360 e. The third-order valence-electron chi connectivity index (χ3n) is 4.83. The lowest BCUT2D eigenvalue weighted by Gasteiger charge is -2.22. The minimum absolute atomic E-state index is 0.0271. The maximum atomic E-state index is 13.8. The number of benzene rings is 1. The number of carbonyl (C=O) groups is 2. The SMILES string of the molecule is O=C(CCCCCN(C(=O)c1c[nH]c2cc(Cl)c(F)cc2c1=O)C1CC1)NO. The molecule has 2 aromatic rings. The monoisotopic (exact) mass is 409 g/mol. The van der Waals surface area contributed by atoms with Crippen LogP contribution in [0.25, 0.3) is 10.9 Å². The molecular weight excluding hydrogens is 389 g/mol. The number of H-pyrrole nitrogens is 1. The van der Waals surface area contributed by atoms with Crippen LogP contribution in [0.15, 0.2) is 23.1 Å². The summed E-state index contributed by atoms with van der Waals surface area (Å²) < 4.78 is 13.8. The van der Waals surface area contributed by atoms with E-state index in [1.165, 1.54) is 12.3 Å². The van der Waals surface area contributed by atoms with E-state index in [1.807, 2.05) is 0 Å². The van der Waals surface area contributed by atoms with Crippen LogP contribution >= 0.6 is 11.6 Å². The highest BCUT2D eigenvalue weighted by Gasteiger charge is 2.33. The number of hydrogen-bond donors (Lipinski definition) is 3. The second kappa shape index (κ2) is 8.70. The van der Waals surface area contributed by atoms with Crippen LogP contribution < -0.4 is 10.9 Å². The molecule has 0 bridgehead atoms. The Labute approximate surface area is 165 Å². The van der Waals surface area contributed by atoms with Gasteiger partial charge in [-0.15, -0.1) is 0 Å². The lowest BCUT2D eigenvalue weighted by molar-refractivity contribution is -0.129. The van der Waals surface area contributed by atoms with Crippen molar-refractivity contribution in [3.05, 3.63) is 45.0 Å². The van der Waals surface area contributed by atoms with Crippen LogP contribution in [0.3, 0.4) is 0 Å². The molecule has 1 aromatic carbocycles. The Hall–Kier alpha value is -2.45. The van der Waals surface area contributed by atoms with E-state index in [-0.39, 0.29) is 34.3 Å². The van der Waals surface area contributed by atoms with Gasteiger partial charge >= 0.3 is 0 Å². The number of pyridine rings is 1. The van der Waals surface area contributed by atoms with Crippen LogP contribution in [0.5, 0.6) is 0 Å². The normalized spacial score (nSPS) is 13.5. The Morgan fingerprint density at radius 1 is 1.29 bits per heavy atom. The molecule has 0 spiro atoms. The van der Waals surface area contributed by atoms with Crippen molar-refractivity contribution in [2.45, 2.75) is 44.6 Å². The van der Waals surface area contributed by atoms with Crippen molar-refractivity contribution in [2.75, 3.05) is 6.54 Å². The second-order valence-corrected chi connectivity index (χ2v) is 7.33. The summed E-state index contributed by atoms with van der Waals surface area (Å²) in [5, 5.41) is 8.46. The molecule has 150 valence electrons. The smallest absolute Gasteiger partial charge is 0.259 e. The van der Waals surface area contributed by atoms with E-state index in [0.717, 1.165) is 18.9 Å². The van der Waals surface area contributed by atoms with E-state index in [0.29, 0.717) is 31.3 Å². The zero-order valence-electron chi connectivity index (χ0n) is 15.1. The van der Waals surface area contributed by atoms with Crippen LogP contribution in [0.4, 0.5) is 4.39 Å². The quantitative estimate of drug-likeness (QED) is 0.354. The molecule has 0 radical (unpaired) electrons. The molecule has 0 unspecified atom stereocenters. The van der Waals surface area contributed by atoms with Gasteiger partial charge in [0.15, 0.2) is 0 Å². The molecule has 1 heterocycles. The topological polar surface area (TPSA) is 103 Å². The molecule has 28 heavy (non-hydrogen) atoms. The van der Waals surface area contributed by atoms with Crippen molar-refractivity contribution in [1.29, 1.82) is 0 Å². The molecule has 0 aliphatic heterocycles. The number of amides is 2. The van der Waals surface area contributed by atoms with Gasteiger partial charge in [-0.3, -0.25) is 19.6 Å². The summed E-state index contributed by atoms with van der Waals surface area (Å²) in [5.74, 6) is -1.53. The predicted molar refractivity (Wildman–Crippen MR) is 102 cm³/mol. The molecule has 1 aliphatic carbocycles. The van der Waals surface area contributed by atoms with Gasteiger partial charge in [0.1, 0.15) is 11.4 Å². The Bertz CT molecular complexity index is 958. The summed E-state index contributed by atoms with van der Waals surface area (Å²) in [6, 6.07) is 2.47. The predicted octanol–water partition coefficient (Wildman–Crippen LogP) is 2.99. The number of nitrogens with zero attached hydrogens (tertiary/aromatic N) is 1. The summed E-state index contributed by atoms with van der Waals surface area (Å²) in [7, 11) is 0. The number of hydrogen-bond acceptors (Lipinski definition) is 4. The van der Waals surface area contributed by atoms with Crippen LogP contribution in [0, 0.1) is 5.82 Å². The number of halogens is 2. The molecule has 0 saturated heterocycles. The van der Waals surface area contributed by atoms with Crippen molar-refractivity contribution in [2.24, 2.45) is 0 Å². The van der Waals surface area contributed by atoms with E-state index in [9.17, 15) is 18.8 Å². The van der Waals surface area contributed by atoms with Crippen LogP contribution in [0.2, 0.25) is 5.02 Å². The number of unbranched alkanes of at least 4 members (excludes halogenated alkanes) is 2. The van der Waals surface area contributed by atoms with Gasteiger partial charge in [-0.1, -0.05) is 18.0 Å². The number of rotatable bonds is 8. The number of fused-ring (bicyclic) bond motifs is 1. The lowest BCUT2D eigenvalue weighted by Crippen LogP contribution is -2.37. The number of aromatic nitrogens is 1. The second-order valence-electron chi connectivity index (χ2n) is 6.92. The molecule has 1 aliphatic rings. The average Bonchev–Trinajstić information content (AvgIpc) is 3.51. The fourth-order valence-corrected chi connectivity index (χ4v) is 3.33. The molecule has 3 N–H and O–H groups in total. The van der Waals surface area contributed by atoms with E-state index < -0.39 is 17.2 Å². The van der Waals surface area contributed by atoms with Gasteiger partial charge in [0.25, 0.3) is 5.91 Å². The Morgan fingerprint density at radius 2 is 2.04 bits per heavy atom. The standard InChI is InChI=1S/C19H21ClFN3O4/c20-14-9-16-12(8-15(14)21)18(26)13(10-22-16)19(27)24(11-5-6-11)7-3-1-2-4-17(25)23-28/h8-11,28H,1-7H2,(H,22,26)(H,23,25). The first kappa shape index (κ1) is 20.3. The molecule has 0 atom stereocenters. The summed E-state index contributed by atoms with van der Waals surface area (Å²) in [4.78, 5) is 41.2. The highest BCUT2D eigenvalue weighted by Crippen LogP contribution is 2.28. The molecule has 1 fully saturated rings. The third-order valence-corrected chi connectivity index (χ3v) is 5.12. The number of aromatic amines is 1. The van der Waals surface area contributed by atoms with Crippen molar-refractivity contribution in [3.63, 3.8) is 0 Å². The molecule has 9 heteroatoms. The highest BCUT2D eigenvalue weighted by atomic mass is 35.5. The van der Waals surface area contributed by atoms with Gasteiger partial charge in [-0.05, 0) is 37.8 Å². The van der Waals surface area contributed by atoms with Crippen molar-refractivity contribution in [1.82, 2.24) is 15.4 Å². The minimum Gasteiger partial charge on any atom is -0.360 e. The first-order valence-corrected chi connectivity index (χ1v) is 9.54. The van der Waals surface area contributed by atoms with Crippen LogP contribution in [-0.4, -0.2) is 39.5 Å². The molecule has 2 amide bonds. The highest BCUT2D eigenvalue weighted by molar-refractivity contribution is 6.31. The maximum absolute atomic E-state index is 13.8. The molecule has 3 rings (SSSR count). The van der Waals surface area contributed by atoms with Gasteiger partial charge < -0.3 is 9.88 Å². The van der Waals surface area contributed by atoms with Gasteiger partial charge in [-0.25, -0.2) is 9.87 Å². The summed E-state index contributed by atoms with van der Waals surface area (Å²) in [6.45, 7) is 0.469. The van der Waals surface area contributed by atoms with E-state index >= 15 is 0 Å². The molecule has 7 nitrogen and oxygen atoms in total. The summed E-state index contributed by atoms with van der Waals surface area (Å²) in [6.07, 6.45) is 5.31. The zero-order valence-corrected chi connectivity index (χ0v) is 15.9. The zero-order chi connectivity index (χ0) is 20.3. The van der Waals surface area contributed by atoms with Gasteiger partial charge in [0.05, 0.1) is 10.5 Å². The van der Waals surface area contributed by atoms with Crippen LogP contribution in [0.1, 0.15) is 48.9 Å². The van der Waals surface area contributed by atoms with Crippen molar-refractivity contribution in [3.8, 4) is 0 Å². The van der Waals surface area contributed by atoms with E-state index in [4.69, 9.17) is 16.8 Å². The fourth-order valence-electron chi connectivity index (χ4n) is 3.16. The van der Waals surface area contributed by atoms with Gasteiger partial charge in [0.2, 0.25) is 11.3 Å².